The van der Waals surface area contributed by atoms with Crippen LogP contribution in [0.1, 0.15) is 13.8 Å². The van der Waals surface area contributed by atoms with Gasteiger partial charge in [0.1, 0.15) is 11.5 Å². The lowest BCUT2D eigenvalue weighted by Gasteiger charge is -2.36. The Morgan fingerprint density at radius 1 is 1.03 bits per heavy atom. The van der Waals surface area contributed by atoms with Crippen LogP contribution in [0, 0.1) is 5.82 Å². The molecule has 0 radical (unpaired) electrons. The van der Waals surface area contributed by atoms with Crippen molar-refractivity contribution in [2.45, 2.75) is 13.8 Å². The number of nitrogens with zero attached hydrogens (tertiary/aromatic N) is 6. The van der Waals surface area contributed by atoms with Crippen molar-refractivity contribution in [3.8, 4) is 11.3 Å². The lowest BCUT2D eigenvalue weighted by atomic mass is 10.1. The molecule has 3 heterocycles. The SMILES string of the molecule is C/C(N)=C(CN1CCN(c2nccnc2-c2ccc(F)cc2)CC1)/C(C)=N/c1nccs1. The summed E-state index contributed by atoms with van der Waals surface area (Å²) >= 11 is 1.51. The molecule has 7 nitrogen and oxygen atoms in total. The fraction of sp³-hybridized carbons (Fsp3) is 0.304. The summed E-state index contributed by atoms with van der Waals surface area (Å²) in [4.78, 5) is 22.6. The zero-order chi connectivity index (χ0) is 22.5. The van der Waals surface area contributed by atoms with Crippen molar-refractivity contribution in [2.75, 3.05) is 37.6 Å². The number of piperazine rings is 1. The minimum absolute atomic E-state index is 0.263. The lowest BCUT2D eigenvalue weighted by Crippen LogP contribution is -2.48. The van der Waals surface area contributed by atoms with Crippen LogP contribution in [0.25, 0.3) is 11.3 Å². The van der Waals surface area contributed by atoms with Gasteiger partial charge >= 0.3 is 0 Å². The molecule has 1 aliphatic rings. The number of aliphatic imine (C=N–C) groups is 1. The van der Waals surface area contributed by atoms with E-state index < -0.39 is 0 Å². The van der Waals surface area contributed by atoms with Gasteiger partial charge in [-0.2, -0.15) is 0 Å². The molecule has 1 saturated heterocycles. The second kappa shape index (κ2) is 9.97. The number of hydrogen-bond donors (Lipinski definition) is 1. The quantitative estimate of drug-likeness (QED) is 0.573. The summed E-state index contributed by atoms with van der Waals surface area (Å²) in [6, 6.07) is 6.38. The molecule has 0 unspecified atom stereocenters. The van der Waals surface area contributed by atoms with Gasteiger partial charge in [0.05, 0.1) is 0 Å². The van der Waals surface area contributed by atoms with Crippen LogP contribution in [0.4, 0.5) is 15.3 Å². The van der Waals surface area contributed by atoms with E-state index in [1.807, 2.05) is 19.2 Å². The third-order valence-electron chi connectivity index (χ3n) is 5.45. The van der Waals surface area contributed by atoms with Crippen LogP contribution in [0.3, 0.4) is 0 Å². The van der Waals surface area contributed by atoms with E-state index in [1.165, 1.54) is 23.5 Å². The molecular weight excluding hydrogens is 425 g/mol. The first-order valence-electron chi connectivity index (χ1n) is 10.5. The minimum Gasteiger partial charge on any atom is -0.402 e. The molecule has 0 bridgehead atoms. The number of aromatic nitrogens is 3. The lowest BCUT2D eigenvalue weighted by molar-refractivity contribution is 0.280. The first-order chi connectivity index (χ1) is 15.5. The molecule has 0 aliphatic carbocycles. The Morgan fingerprint density at radius 3 is 2.41 bits per heavy atom. The highest BCUT2D eigenvalue weighted by molar-refractivity contribution is 7.13. The fourth-order valence-corrected chi connectivity index (χ4v) is 4.28. The Hall–Kier alpha value is -3.17. The zero-order valence-electron chi connectivity index (χ0n) is 18.2. The first-order valence-corrected chi connectivity index (χ1v) is 11.3. The van der Waals surface area contributed by atoms with Gasteiger partial charge in [-0.05, 0) is 38.1 Å². The molecule has 9 heteroatoms. The van der Waals surface area contributed by atoms with Crippen LogP contribution in [-0.4, -0.2) is 58.3 Å². The topological polar surface area (TPSA) is 83.5 Å². The monoisotopic (exact) mass is 451 g/mol. The van der Waals surface area contributed by atoms with Crippen LogP contribution >= 0.6 is 11.3 Å². The molecule has 1 aromatic carbocycles. The molecule has 4 rings (SSSR count). The van der Waals surface area contributed by atoms with Crippen LogP contribution < -0.4 is 10.6 Å². The molecule has 2 aromatic heterocycles. The van der Waals surface area contributed by atoms with Gasteiger partial charge in [0.25, 0.3) is 0 Å². The van der Waals surface area contributed by atoms with Crippen molar-refractivity contribution in [2.24, 2.45) is 10.7 Å². The maximum absolute atomic E-state index is 13.3. The van der Waals surface area contributed by atoms with Gasteiger partial charge in [-0.15, -0.1) is 11.3 Å². The van der Waals surface area contributed by atoms with Gasteiger partial charge in [0.15, 0.2) is 5.82 Å². The van der Waals surface area contributed by atoms with Crippen LogP contribution in [-0.2, 0) is 0 Å². The normalized spacial score (nSPS) is 16.2. The third-order valence-corrected chi connectivity index (χ3v) is 6.11. The molecule has 166 valence electrons. The van der Waals surface area contributed by atoms with Crippen molar-refractivity contribution >= 4 is 28.0 Å². The van der Waals surface area contributed by atoms with E-state index in [-0.39, 0.29) is 5.82 Å². The molecule has 3 aromatic rings. The predicted molar refractivity (Wildman–Crippen MR) is 128 cm³/mol. The Balaban J connectivity index is 1.45. The predicted octanol–water partition coefficient (Wildman–Crippen LogP) is 3.89. The van der Waals surface area contributed by atoms with Crippen molar-refractivity contribution < 1.29 is 4.39 Å². The average molecular weight is 452 g/mol. The molecule has 0 saturated carbocycles. The van der Waals surface area contributed by atoms with E-state index in [1.54, 1.807) is 30.7 Å². The van der Waals surface area contributed by atoms with Crippen LogP contribution in [0.15, 0.2) is 64.5 Å². The zero-order valence-corrected chi connectivity index (χ0v) is 19.0. The maximum Gasteiger partial charge on any atom is 0.209 e. The Morgan fingerprint density at radius 2 is 1.75 bits per heavy atom. The van der Waals surface area contributed by atoms with Crippen molar-refractivity contribution in [1.29, 1.82) is 0 Å². The van der Waals surface area contributed by atoms with Gasteiger partial charge < -0.3 is 10.6 Å². The van der Waals surface area contributed by atoms with E-state index in [2.05, 4.69) is 29.7 Å². The van der Waals surface area contributed by atoms with Crippen LogP contribution in [0.5, 0.6) is 0 Å². The standard InChI is InChI=1S/C23H26FN7S/c1-16(25)20(17(2)29-23-28-9-14-32-23)15-30-10-12-31(13-11-30)22-21(26-7-8-27-22)18-3-5-19(24)6-4-18/h3-9,14H,10-13,15,25H2,1-2H3/b20-16-,29-17+. The summed E-state index contributed by atoms with van der Waals surface area (Å²) in [6.45, 7) is 7.99. The number of anilines is 1. The van der Waals surface area contributed by atoms with E-state index in [0.717, 1.165) is 71.9 Å². The molecule has 0 atom stereocenters. The highest BCUT2D eigenvalue weighted by Crippen LogP contribution is 2.27. The fourth-order valence-electron chi connectivity index (χ4n) is 3.72. The maximum atomic E-state index is 13.3. The van der Waals surface area contributed by atoms with E-state index in [4.69, 9.17) is 5.73 Å². The summed E-state index contributed by atoms with van der Waals surface area (Å²) in [5, 5.41) is 2.65. The number of allylic oxidation sites excluding steroid dienone is 1. The van der Waals surface area contributed by atoms with E-state index in [9.17, 15) is 4.39 Å². The number of rotatable bonds is 6. The summed E-state index contributed by atoms with van der Waals surface area (Å²) < 4.78 is 13.3. The number of halogens is 1. The molecule has 1 aliphatic heterocycles. The van der Waals surface area contributed by atoms with E-state index >= 15 is 0 Å². The molecule has 0 spiro atoms. The van der Waals surface area contributed by atoms with Gasteiger partial charge in [0.2, 0.25) is 5.13 Å². The second-order valence-electron chi connectivity index (χ2n) is 7.67. The number of thiazole rings is 1. The third kappa shape index (κ3) is 5.17. The number of nitrogens with two attached hydrogens (primary N) is 1. The molecular formula is C23H26FN7S. The summed E-state index contributed by atoms with van der Waals surface area (Å²) in [5.74, 6) is 0.562. The van der Waals surface area contributed by atoms with Crippen LogP contribution in [0.2, 0.25) is 0 Å². The Bertz CT molecular complexity index is 1100. The summed E-state index contributed by atoms with van der Waals surface area (Å²) in [6.07, 6.45) is 5.12. The Kier molecular flexibility index (Phi) is 6.87. The highest BCUT2D eigenvalue weighted by atomic mass is 32.1. The van der Waals surface area contributed by atoms with Gasteiger partial charge in [0, 0.05) is 79.2 Å². The highest BCUT2D eigenvalue weighted by Gasteiger charge is 2.23. The van der Waals surface area contributed by atoms with Crippen molar-refractivity contribution in [3.63, 3.8) is 0 Å². The molecule has 0 amide bonds. The van der Waals surface area contributed by atoms with Gasteiger partial charge in [-0.25, -0.2) is 19.4 Å². The summed E-state index contributed by atoms with van der Waals surface area (Å²) in [7, 11) is 0. The van der Waals surface area contributed by atoms with Crippen molar-refractivity contribution in [1.82, 2.24) is 19.9 Å². The minimum atomic E-state index is -0.263. The molecule has 1 fully saturated rings. The number of benzene rings is 1. The largest absolute Gasteiger partial charge is 0.402 e. The van der Waals surface area contributed by atoms with Crippen molar-refractivity contribution in [3.05, 3.63) is 65.3 Å². The average Bonchev–Trinajstić information content (AvgIpc) is 3.31. The van der Waals surface area contributed by atoms with Gasteiger partial charge in [-0.3, -0.25) is 9.88 Å². The number of hydrogen-bond acceptors (Lipinski definition) is 8. The molecule has 32 heavy (non-hydrogen) atoms. The first kappa shape index (κ1) is 22.0. The Labute approximate surface area is 191 Å². The van der Waals surface area contributed by atoms with E-state index in [0.29, 0.717) is 0 Å². The van der Waals surface area contributed by atoms with Gasteiger partial charge in [-0.1, -0.05) is 0 Å². The summed E-state index contributed by atoms with van der Waals surface area (Å²) in [5.41, 5.74) is 10.5. The smallest absolute Gasteiger partial charge is 0.209 e. The second-order valence-corrected chi connectivity index (χ2v) is 8.55. The molecule has 2 N–H and O–H groups in total.